The highest BCUT2D eigenvalue weighted by Crippen LogP contribution is 2.16. The van der Waals surface area contributed by atoms with Gasteiger partial charge in [0.05, 0.1) is 36.3 Å². The highest BCUT2D eigenvalue weighted by Gasteiger charge is 2.22. The fourth-order valence-electron chi connectivity index (χ4n) is 2.74. The quantitative estimate of drug-likeness (QED) is 0.862. The summed E-state index contributed by atoms with van der Waals surface area (Å²) in [5.41, 5.74) is 2.89. The molecule has 1 N–H and O–H groups in total. The van der Waals surface area contributed by atoms with E-state index in [-0.39, 0.29) is 12.5 Å². The van der Waals surface area contributed by atoms with E-state index in [4.69, 9.17) is 0 Å². The standard InChI is InChI=1S/C16H21N5O3S/c1-12-4-5-13(9-17-12)16(22)18-10-14-8-15-11-20(25(2,23)24)6-3-7-21(15)19-14/h4-5,8-9H,3,6-7,10-11H2,1-2H3,(H,18,22). The van der Waals surface area contributed by atoms with Gasteiger partial charge in [0.25, 0.3) is 5.91 Å². The van der Waals surface area contributed by atoms with Crippen LogP contribution in [0.25, 0.3) is 0 Å². The minimum atomic E-state index is -3.23. The van der Waals surface area contributed by atoms with E-state index < -0.39 is 10.0 Å². The summed E-state index contributed by atoms with van der Waals surface area (Å²) in [6.45, 7) is 3.61. The van der Waals surface area contributed by atoms with Gasteiger partial charge in [0.15, 0.2) is 0 Å². The molecule has 25 heavy (non-hydrogen) atoms. The topological polar surface area (TPSA) is 97.2 Å². The second kappa shape index (κ2) is 6.93. The molecule has 2 aromatic heterocycles. The third-order valence-electron chi connectivity index (χ3n) is 4.10. The van der Waals surface area contributed by atoms with Crippen LogP contribution in [0.4, 0.5) is 0 Å². The summed E-state index contributed by atoms with van der Waals surface area (Å²) in [5, 5.41) is 7.29. The zero-order valence-corrected chi connectivity index (χ0v) is 15.1. The number of fused-ring (bicyclic) bond motifs is 1. The molecular weight excluding hydrogens is 342 g/mol. The number of amides is 1. The van der Waals surface area contributed by atoms with Crippen molar-refractivity contribution in [1.82, 2.24) is 24.4 Å². The molecule has 1 amide bonds. The Balaban J connectivity index is 1.67. The smallest absolute Gasteiger partial charge is 0.253 e. The Bertz CT molecular complexity index is 874. The summed E-state index contributed by atoms with van der Waals surface area (Å²) < 4.78 is 26.8. The Morgan fingerprint density at radius 3 is 2.80 bits per heavy atom. The van der Waals surface area contributed by atoms with Crippen LogP contribution in [0.2, 0.25) is 0 Å². The minimum Gasteiger partial charge on any atom is -0.346 e. The maximum Gasteiger partial charge on any atom is 0.253 e. The van der Waals surface area contributed by atoms with Crippen LogP contribution in [0.1, 0.15) is 33.9 Å². The van der Waals surface area contributed by atoms with Crippen molar-refractivity contribution < 1.29 is 13.2 Å². The SMILES string of the molecule is Cc1ccc(C(=O)NCc2cc3n(n2)CCCN(S(C)(=O)=O)C3)cn1. The van der Waals surface area contributed by atoms with Crippen LogP contribution in [-0.4, -0.2) is 46.2 Å². The fraction of sp³-hybridized carbons (Fsp3) is 0.438. The molecule has 0 bridgehead atoms. The number of pyridine rings is 1. The average molecular weight is 363 g/mol. The fourth-order valence-corrected chi connectivity index (χ4v) is 3.56. The first-order valence-electron chi connectivity index (χ1n) is 8.04. The van der Waals surface area contributed by atoms with E-state index in [1.54, 1.807) is 12.1 Å². The third kappa shape index (κ3) is 4.23. The summed E-state index contributed by atoms with van der Waals surface area (Å²) >= 11 is 0. The molecule has 0 aromatic carbocycles. The Morgan fingerprint density at radius 2 is 2.12 bits per heavy atom. The molecule has 0 aliphatic carbocycles. The van der Waals surface area contributed by atoms with Gasteiger partial charge >= 0.3 is 0 Å². The van der Waals surface area contributed by atoms with Crippen molar-refractivity contribution in [2.24, 2.45) is 0 Å². The van der Waals surface area contributed by atoms with Crippen molar-refractivity contribution in [1.29, 1.82) is 0 Å². The molecule has 3 heterocycles. The first-order chi connectivity index (χ1) is 11.8. The molecule has 1 aliphatic heterocycles. The largest absolute Gasteiger partial charge is 0.346 e. The zero-order valence-electron chi connectivity index (χ0n) is 14.3. The van der Waals surface area contributed by atoms with Crippen molar-refractivity contribution in [3.8, 4) is 0 Å². The van der Waals surface area contributed by atoms with E-state index in [0.717, 1.165) is 11.4 Å². The predicted octanol–water partition coefficient (Wildman–Crippen LogP) is 0.682. The van der Waals surface area contributed by atoms with E-state index in [1.165, 1.54) is 16.8 Å². The molecule has 0 unspecified atom stereocenters. The Labute approximate surface area is 146 Å². The monoisotopic (exact) mass is 363 g/mol. The van der Waals surface area contributed by atoms with Gasteiger partial charge in [0.1, 0.15) is 0 Å². The molecule has 0 saturated heterocycles. The van der Waals surface area contributed by atoms with Crippen LogP contribution in [0.15, 0.2) is 24.4 Å². The summed E-state index contributed by atoms with van der Waals surface area (Å²) in [7, 11) is -3.23. The summed E-state index contributed by atoms with van der Waals surface area (Å²) in [6, 6.07) is 5.36. The van der Waals surface area contributed by atoms with Gasteiger partial charge in [-0.3, -0.25) is 14.5 Å². The second-order valence-corrected chi connectivity index (χ2v) is 8.15. The van der Waals surface area contributed by atoms with Gasteiger partial charge in [-0.15, -0.1) is 0 Å². The second-order valence-electron chi connectivity index (χ2n) is 6.17. The number of carbonyl (C=O) groups is 1. The summed E-state index contributed by atoms with van der Waals surface area (Å²) in [4.78, 5) is 16.2. The number of hydrogen-bond donors (Lipinski definition) is 1. The molecule has 8 nitrogen and oxygen atoms in total. The number of rotatable bonds is 4. The predicted molar refractivity (Wildman–Crippen MR) is 92.2 cm³/mol. The lowest BCUT2D eigenvalue weighted by molar-refractivity contribution is 0.0950. The lowest BCUT2D eigenvalue weighted by Crippen LogP contribution is -2.29. The van der Waals surface area contributed by atoms with Gasteiger partial charge in [-0.1, -0.05) is 0 Å². The molecule has 0 spiro atoms. The molecule has 134 valence electrons. The van der Waals surface area contributed by atoms with Crippen molar-refractivity contribution in [3.63, 3.8) is 0 Å². The maximum atomic E-state index is 12.1. The van der Waals surface area contributed by atoms with E-state index in [2.05, 4.69) is 15.4 Å². The molecule has 0 fully saturated rings. The Hall–Kier alpha value is -2.26. The molecule has 2 aromatic rings. The van der Waals surface area contributed by atoms with E-state index in [1.807, 2.05) is 17.7 Å². The first kappa shape index (κ1) is 17.6. The van der Waals surface area contributed by atoms with Crippen LogP contribution in [0.5, 0.6) is 0 Å². The number of nitrogens with zero attached hydrogens (tertiary/aromatic N) is 4. The molecule has 0 saturated carbocycles. The van der Waals surface area contributed by atoms with Crippen LogP contribution in [0, 0.1) is 6.92 Å². The van der Waals surface area contributed by atoms with Crippen LogP contribution in [0.3, 0.4) is 0 Å². The number of aromatic nitrogens is 3. The van der Waals surface area contributed by atoms with Gasteiger partial charge < -0.3 is 5.32 Å². The summed E-state index contributed by atoms with van der Waals surface area (Å²) in [5.74, 6) is -0.214. The zero-order chi connectivity index (χ0) is 18.0. The highest BCUT2D eigenvalue weighted by molar-refractivity contribution is 7.88. The summed E-state index contributed by atoms with van der Waals surface area (Å²) in [6.07, 6.45) is 3.47. The highest BCUT2D eigenvalue weighted by atomic mass is 32.2. The average Bonchev–Trinajstić information content (AvgIpc) is 2.82. The number of carbonyl (C=O) groups excluding carboxylic acids is 1. The minimum absolute atomic E-state index is 0.214. The van der Waals surface area contributed by atoms with Crippen molar-refractivity contribution in [2.75, 3.05) is 12.8 Å². The van der Waals surface area contributed by atoms with Crippen LogP contribution < -0.4 is 5.32 Å². The maximum absolute atomic E-state index is 12.1. The normalized spacial score (nSPS) is 15.4. The van der Waals surface area contributed by atoms with E-state index in [0.29, 0.717) is 37.3 Å². The molecule has 9 heteroatoms. The number of sulfonamides is 1. The lowest BCUT2D eigenvalue weighted by Gasteiger charge is -2.16. The van der Waals surface area contributed by atoms with E-state index >= 15 is 0 Å². The van der Waals surface area contributed by atoms with Crippen molar-refractivity contribution in [2.45, 2.75) is 33.0 Å². The van der Waals surface area contributed by atoms with Gasteiger partial charge in [-0.2, -0.15) is 9.40 Å². The molecule has 1 aliphatic rings. The van der Waals surface area contributed by atoms with Gasteiger partial charge in [0.2, 0.25) is 10.0 Å². The van der Waals surface area contributed by atoms with Gasteiger partial charge in [-0.05, 0) is 31.5 Å². The van der Waals surface area contributed by atoms with Crippen molar-refractivity contribution >= 4 is 15.9 Å². The Morgan fingerprint density at radius 1 is 1.32 bits per heavy atom. The number of nitrogens with one attached hydrogen (secondary N) is 1. The van der Waals surface area contributed by atoms with Crippen molar-refractivity contribution in [3.05, 3.63) is 47.0 Å². The Kier molecular flexibility index (Phi) is 4.87. The van der Waals surface area contributed by atoms with E-state index in [9.17, 15) is 13.2 Å². The lowest BCUT2D eigenvalue weighted by atomic mass is 10.2. The molecule has 0 atom stereocenters. The number of aryl methyl sites for hydroxylation is 2. The first-order valence-corrected chi connectivity index (χ1v) is 9.89. The molecule has 3 rings (SSSR count). The van der Waals surface area contributed by atoms with Gasteiger partial charge in [-0.25, -0.2) is 8.42 Å². The third-order valence-corrected chi connectivity index (χ3v) is 5.35. The van der Waals surface area contributed by atoms with Crippen LogP contribution in [-0.2, 0) is 29.7 Å². The van der Waals surface area contributed by atoms with Gasteiger partial charge in [0, 0.05) is 25.0 Å². The molecule has 0 radical (unpaired) electrons. The number of hydrogen-bond acceptors (Lipinski definition) is 5. The molecular formula is C16H21N5O3S. The van der Waals surface area contributed by atoms with Crippen LogP contribution >= 0.6 is 0 Å².